The number of fused-ring (bicyclic) bond motifs is 4. The van der Waals surface area contributed by atoms with Crippen molar-refractivity contribution in [3.05, 3.63) is 190 Å². The molecule has 8 heteroatoms. The quantitative estimate of drug-likeness (QED) is 0.136. The third-order valence-electron chi connectivity index (χ3n) is 12.7. The van der Waals surface area contributed by atoms with E-state index >= 15 is 0 Å². The van der Waals surface area contributed by atoms with Gasteiger partial charge in [-0.05, 0) is 142 Å². The molecule has 60 heavy (non-hydrogen) atoms. The molecule has 0 amide bonds. The Bertz CT molecular complexity index is 3030. The van der Waals surface area contributed by atoms with Crippen molar-refractivity contribution in [3.63, 3.8) is 0 Å². The first-order valence-electron chi connectivity index (χ1n) is 20.8. The molecule has 8 aromatic rings. The highest BCUT2D eigenvalue weighted by atomic mass is 31.2. The zero-order chi connectivity index (χ0) is 41.4. The third kappa shape index (κ3) is 6.23. The lowest BCUT2D eigenvalue weighted by Crippen LogP contribution is -2.28. The van der Waals surface area contributed by atoms with Crippen LogP contribution < -0.4 is 9.05 Å². The van der Waals surface area contributed by atoms with Crippen LogP contribution in [0.5, 0.6) is 11.5 Å². The van der Waals surface area contributed by atoms with E-state index in [9.17, 15) is 0 Å². The fourth-order valence-corrected chi connectivity index (χ4v) is 13.2. The number of hydrogen-bond acceptors (Lipinski definition) is 3. The smallest absolute Gasteiger partial charge is 0.318 e. The molecule has 0 fully saturated rings. The van der Waals surface area contributed by atoms with Crippen molar-refractivity contribution in [1.82, 2.24) is 17.7 Å². The Morgan fingerprint density at radius 1 is 0.500 bits per heavy atom. The van der Waals surface area contributed by atoms with Gasteiger partial charge in [-0.1, -0.05) is 85.0 Å². The maximum atomic E-state index is 7.67. The molecule has 6 nitrogen and oxygen atoms in total. The number of aromatic nitrogens is 3. The predicted molar refractivity (Wildman–Crippen MR) is 253 cm³/mol. The maximum Gasteiger partial charge on any atom is 0.318 e. The lowest BCUT2D eigenvalue weighted by molar-refractivity contribution is 0.450. The molecule has 0 bridgehead atoms. The first-order chi connectivity index (χ1) is 29.1. The molecule has 5 aromatic carbocycles. The standard InChI is InChI=1S/C52H50N4O2P2/c1-33-25-27-49(57-59(53-29-35(3)41-17-9-13-21-45(41)53)54-30-36(4)42-18-10-14-22-46(42)54)51(39(33)7)52-40(8)34(2)26-28-50(52)58-60(55-31-37(5)43-19-11-15-23-47(43)55)56-32-38(6)44-20-12-16-24-48(44)56/h9-23,25-32,48H,24H2,1-8H3. The number of allylic oxidation sites excluding steroid dienone is 2. The summed E-state index contributed by atoms with van der Waals surface area (Å²) < 4.78 is 24.9. The fourth-order valence-electron chi connectivity index (χ4n) is 9.13. The average molecular weight is 825 g/mol. The summed E-state index contributed by atoms with van der Waals surface area (Å²) >= 11 is 0. The van der Waals surface area contributed by atoms with Gasteiger partial charge in [0.25, 0.3) is 0 Å². The van der Waals surface area contributed by atoms with Crippen molar-refractivity contribution in [2.24, 2.45) is 0 Å². The monoisotopic (exact) mass is 824 g/mol. The van der Waals surface area contributed by atoms with Crippen molar-refractivity contribution in [2.45, 2.75) is 67.9 Å². The molecular formula is C52H50N4O2P2. The van der Waals surface area contributed by atoms with Gasteiger partial charge >= 0.3 is 16.9 Å². The molecule has 0 radical (unpaired) electrons. The van der Waals surface area contributed by atoms with Crippen LogP contribution in [0, 0.1) is 48.5 Å². The number of para-hydroxylation sites is 3. The van der Waals surface area contributed by atoms with Crippen LogP contribution >= 0.6 is 16.9 Å². The minimum absolute atomic E-state index is 0.195. The van der Waals surface area contributed by atoms with Crippen molar-refractivity contribution >= 4 is 49.6 Å². The third-order valence-corrected chi connectivity index (χ3v) is 16.3. The number of aryl methyl sites for hydroxylation is 5. The van der Waals surface area contributed by atoms with E-state index in [1.807, 2.05) is 0 Å². The second kappa shape index (κ2) is 15.0. The van der Waals surface area contributed by atoms with Crippen LogP contribution in [0.3, 0.4) is 0 Å². The van der Waals surface area contributed by atoms with Gasteiger partial charge in [-0.25, -0.2) is 0 Å². The van der Waals surface area contributed by atoms with Gasteiger partial charge in [-0.3, -0.25) is 17.7 Å². The first-order valence-corrected chi connectivity index (χ1v) is 23.1. The summed E-state index contributed by atoms with van der Waals surface area (Å²) in [4.78, 5) is 0. The molecule has 0 saturated carbocycles. The minimum Gasteiger partial charge on any atom is -0.435 e. The van der Waals surface area contributed by atoms with Crippen molar-refractivity contribution in [1.29, 1.82) is 0 Å². The molecular weight excluding hydrogens is 775 g/mol. The van der Waals surface area contributed by atoms with Gasteiger partial charge in [0, 0.05) is 52.1 Å². The molecule has 1 aliphatic carbocycles. The van der Waals surface area contributed by atoms with E-state index in [-0.39, 0.29) is 6.04 Å². The molecule has 0 saturated heterocycles. The summed E-state index contributed by atoms with van der Waals surface area (Å²) in [5, 5.41) is 3.70. The Balaban J connectivity index is 1.17. The molecule has 4 heterocycles. The topological polar surface area (TPSA) is 36.5 Å². The highest BCUT2D eigenvalue weighted by Gasteiger charge is 2.38. The van der Waals surface area contributed by atoms with Gasteiger partial charge in [0.1, 0.15) is 11.5 Å². The fraction of sp³-hybridized carbons (Fsp3) is 0.192. The summed E-state index contributed by atoms with van der Waals surface area (Å²) in [6, 6.07) is 35.0. The second-order valence-electron chi connectivity index (χ2n) is 16.5. The van der Waals surface area contributed by atoms with Crippen LogP contribution in [0.15, 0.2) is 151 Å². The van der Waals surface area contributed by atoms with Gasteiger partial charge in [-0.15, -0.1) is 0 Å². The van der Waals surface area contributed by atoms with Crippen LogP contribution in [0.1, 0.15) is 52.3 Å². The second-order valence-corrected chi connectivity index (χ2v) is 19.6. The van der Waals surface area contributed by atoms with Crippen LogP contribution in [-0.2, 0) is 0 Å². The molecule has 3 aromatic heterocycles. The lowest BCUT2D eigenvalue weighted by atomic mass is 9.90. The van der Waals surface area contributed by atoms with E-state index in [1.54, 1.807) is 0 Å². The van der Waals surface area contributed by atoms with Crippen LogP contribution in [0.2, 0.25) is 0 Å². The zero-order valence-corrected chi connectivity index (χ0v) is 37.4. The summed E-state index contributed by atoms with van der Waals surface area (Å²) in [6.07, 6.45) is 16.8. The van der Waals surface area contributed by atoms with Gasteiger partial charge < -0.3 is 9.05 Å². The van der Waals surface area contributed by atoms with E-state index in [2.05, 4.69) is 213 Å². The summed E-state index contributed by atoms with van der Waals surface area (Å²) in [7, 11) is -2.88. The maximum absolute atomic E-state index is 7.67. The summed E-state index contributed by atoms with van der Waals surface area (Å²) in [5.41, 5.74) is 16.7. The SMILES string of the molecule is CC1=CN(P(Oc2ccc(C)c(C)c2-c2c(OP(n3cc(C)c4ccccc43)n3cc(C)c4ccccc43)ccc(C)c2C)n2cc(C)c3ccccc32)C2CC=CC=C12. The van der Waals surface area contributed by atoms with Crippen molar-refractivity contribution < 1.29 is 9.05 Å². The Kier molecular flexibility index (Phi) is 9.62. The zero-order valence-electron chi connectivity index (χ0n) is 35.6. The molecule has 0 N–H and O–H groups in total. The lowest BCUT2D eigenvalue weighted by Gasteiger charge is -2.35. The van der Waals surface area contributed by atoms with Crippen molar-refractivity contribution in [2.75, 3.05) is 0 Å². The first kappa shape index (κ1) is 38.4. The van der Waals surface area contributed by atoms with Gasteiger partial charge in [0.05, 0.1) is 22.6 Å². The van der Waals surface area contributed by atoms with E-state index in [1.165, 1.54) is 71.8 Å². The largest absolute Gasteiger partial charge is 0.435 e. The Labute approximate surface area is 355 Å². The van der Waals surface area contributed by atoms with Crippen LogP contribution in [0.25, 0.3) is 43.8 Å². The Hall–Kier alpha value is -5.80. The van der Waals surface area contributed by atoms with E-state index in [0.717, 1.165) is 40.1 Å². The molecule has 1 aliphatic heterocycles. The van der Waals surface area contributed by atoms with Crippen LogP contribution in [0.4, 0.5) is 0 Å². The van der Waals surface area contributed by atoms with E-state index < -0.39 is 16.9 Å². The molecule has 10 rings (SSSR count). The number of hydrogen-bond donors (Lipinski definition) is 0. The summed E-state index contributed by atoms with van der Waals surface area (Å²) in [6.45, 7) is 17.7. The average Bonchev–Trinajstić information content (AvgIpc) is 3.99. The van der Waals surface area contributed by atoms with Gasteiger partial charge in [0.2, 0.25) is 0 Å². The number of benzene rings is 5. The summed E-state index contributed by atoms with van der Waals surface area (Å²) in [5.74, 6) is 1.68. The number of nitrogens with zero attached hydrogens (tertiary/aromatic N) is 4. The Morgan fingerprint density at radius 3 is 1.42 bits per heavy atom. The molecule has 2 unspecified atom stereocenters. The Morgan fingerprint density at radius 2 is 0.933 bits per heavy atom. The van der Waals surface area contributed by atoms with Crippen LogP contribution in [-0.4, -0.2) is 23.7 Å². The van der Waals surface area contributed by atoms with Crippen molar-refractivity contribution in [3.8, 4) is 22.6 Å². The van der Waals surface area contributed by atoms with E-state index in [0.29, 0.717) is 0 Å². The molecule has 0 spiro atoms. The molecule has 2 aliphatic rings. The molecule has 2 atom stereocenters. The highest BCUT2D eigenvalue weighted by Crippen LogP contribution is 2.57. The normalized spacial score (nSPS) is 15.6. The number of rotatable bonds is 9. The van der Waals surface area contributed by atoms with Gasteiger partial charge in [0.15, 0.2) is 0 Å². The van der Waals surface area contributed by atoms with Gasteiger partial charge in [-0.2, -0.15) is 0 Å². The molecule has 300 valence electrons. The highest BCUT2D eigenvalue weighted by molar-refractivity contribution is 7.50. The minimum atomic E-state index is -1.47. The van der Waals surface area contributed by atoms with E-state index in [4.69, 9.17) is 9.05 Å². The predicted octanol–water partition coefficient (Wildman–Crippen LogP) is 14.7.